The van der Waals surface area contributed by atoms with E-state index in [0.29, 0.717) is 0 Å². The minimum absolute atomic E-state index is 0.110. The van der Waals surface area contributed by atoms with Crippen molar-refractivity contribution >= 4 is 17.3 Å². The summed E-state index contributed by atoms with van der Waals surface area (Å²) in [6.45, 7) is 13.2. The molecular weight excluding hydrogens is 368 g/mol. The fraction of sp³-hybridized carbons (Fsp3) is 0.550. The maximum atomic E-state index is 12.8. The van der Waals surface area contributed by atoms with Gasteiger partial charge < -0.3 is 25.2 Å². The minimum Gasteiger partial charge on any atom is -0.396 e. The molecule has 0 aliphatic rings. The summed E-state index contributed by atoms with van der Waals surface area (Å²) < 4.78 is 5.45. The Morgan fingerprint density at radius 2 is 1.21 bits per heavy atom. The van der Waals surface area contributed by atoms with Crippen LogP contribution in [0.4, 0.5) is 0 Å². The largest absolute Gasteiger partial charge is 0.396 e. The number of ketones is 3. The second kappa shape index (κ2) is 9.99. The van der Waals surface area contributed by atoms with Crippen molar-refractivity contribution in [2.45, 2.75) is 39.6 Å². The molecule has 4 N–H and O–H groups in total. The Bertz CT molecular complexity index is 639. The van der Waals surface area contributed by atoms with Gasteiger partial charge in [-0.1, -0.05) is 19.7 Å². The monoisotopic (exact) mass is 398 g/mol. The number of hydrogen-bond donors (Lipinski definition) is 4. The molecule has 0 bridgehead atoms. The molecule has 8 heteroatoms. The molecule has 28 heavy (non-hydrogen) atoms. The predicted molar refractivity (Wildman–Crippen MR) is 102 cm³/mol. The van der Waals surface area contributed by atoms with Crippen LogP contribution in [0.1, 0.15) is 27.7 Å². The Morgan fingerprint density at radius 3 is 1.46 bits per heavy atom. The third-order valence-corrected chi connectivity index (χ3v) is 4.63. The first-order chi connectivity index (χ1) is 12.7. The number of hydrogen-bond acceptors (Lipinski definition) is 8. The lowest BCUT2D eigenvalue weighted by Gasteiger charge is -2.41. The summed E-state index contributed by atoms with van der Waals surface area (Å²) >= 11 is 0. The maximum Gasteiger partial charge on any atom is 0.249 e. The zero-order valence-corrected chi connectivity index (χ0v) is 16.8. The highest BCUT2D eigenvalue weighted by molar-refractivity contribution is 6.19. The van der Waals surface area contributed by atoms with Crippen LogP contribution in [-0.2, 0) is 19.1 Å². The summed E-state index contributed by atoms with van der Waals surface area (Å²) in [4.78, 5) is 38.1. The first-order valence-corrected chi connectivity index (χ1v) is 8.58. The molecule has 158 valence electrons. The van der Waals surface area contributed by atoms with Gasteiger partial charge in [-0.25, -0.2) is 0 Å². The van der Waals surface area contributed by atoms with E-state index in [1.54, 1.807) is 0 Å². The smallest absolute Gasteiger partial charge is 0.249 e. The van der Waals surface area contributed by atoms with Crippen LogP contribution in [0.3, 0.4) is 0 Å². The van der Waals surface area contributed by atoms with Crippen LogP contribution >= 0.6 is 0 Å². The first kappa shape index (κ1) is 26.0. The third-order valence-electron chi connectivity index (χ3n) is 4.63. The molecule has 0 saturated heterocycles. The second-order valence-corrected chi connectivity index (χ2v) is 7.12. The normalized spacial score (nSPS) is 14.9. The average molecular weight is 398 g/mol. The van der Waals surface area contributed by atoms with Crippen molar-refractivity contribution in [1.82, 2.24) is 0 Å². The van der Waals surface area contributed by atoms with Crippen LogP contribution in [0.2, 0.25) is 0 Å². The molecule has 0 aromatic heterocycles. The van der Waals surface area contributed by atoms with E-state index in [4.69, 9.17) is 4.74 Å². The second-order valence-electron chi connectivity index (χ2n) is 7.12. The van der Waals surface area contributed by atoms with Crippen molar-refractivity contribution < 1.29 is 39.5 Å². The van der Waals surface area contributed by atoms with Gasteiger partial charge in [0.15, 0.2) is 11.6 Å². The van der Waals surface area contributed by atoms with E-state index in [9.17, 15) is 34.8 Å². The summed E-state index contributed by atoms with van der Waals surface area (Å²) in [5.41, 5.74) is -2.08. The quantitative estimate of drug-likeness (QED) is 0.194. The van der Waals surface area contributed by atoms with Gasteiger partial charge in [-0.05, 0) is 44.4 Å². The van der Waals surface area contributed by atoms with E-state index in [-0.39, 0.29) is 16.7 Å². The van der Waals surface area contributed by atoms with Gasteiger partial charge in [0, 0.05) is 0 Å². The molecule has 2 atom stereocenters. The highest BCUT2D eigenvalue weighted by Crippen LogP contribution is 2.34. The van der Waals surface area contributed by atoms with Gasteiger partial charge in [-0.3, -0.25) is 14.4 Å². The minimum atomic E-state index is -3.01. The molecule has 0 radical (unpaired) electrons. The fourth-order valence-electron chi connectivity index (χ4n) is 2.46. The topological polar surface area (TPSA) is 141 Å². The van der Waals surface area contributed by atoms with E-state index >= 15 is 0 Å². The van der Waals surface area contributed by atoms with Crippen LogP contribution in [0.5, 0.6) is 0 Å². The van der Waals surface area contributed by atoms with Gasteiger partial charge in [0.25, 0.3) is 0 Å². The van der Waals surface area contributed by atoms with E-state index in [2.05, 4.69) is 19.7 Å². The van der Waals surface area contributed by atoms with Gasteiger partial charge in [-0.2, -0.15) is 0 Å². The zero-order chi connectivity index (χ0) is 22.4. The van der Waals surface area contributed by atoms with Crippen molar-refractivity contribution in [2.24, 2.45) is 11.3 Å². The summed E-state index contributed by atoms with van der Waals surface area (Å²) in [6, 6.07) is 0. The summed E-state index contributed by atoms with van der Waals surface area (Å²) in [5, 5.41) is 39.9. The molecule has 0 saturated carbocycles. The van der Waals surface area contributed by atoms with Crippen molar-refractivity contribution in [2.75, 3.05) is 19.8 Å². The number of aliphatic hydroxyl groups excluding tert-OH is 3. The van der Waals surface area contributed by atoms with E-state index in [1.807, 2.05) is 0 Å². The van der Waals surface area contributed by atoms with Crippen molar-refractivity contribution in [1.29, 1.82) is 0 Å². The maximum absolute atomic E-state index is 12.8. The van der Waals surface area contributed by atoms with Crippen molar-refractivity contribution in [3.8, 4) is 0 Å². The highest BCUT2D eigenvalue weighted by atomic mass is 16.6. The average Bonchev–Trinajstić information content (AvgIpc) is 2.62. The highest BCUT2D eigenvalue weighted by Gasteiger charge is 2.55. The number of rotatable bonds is 13. The SMILES string of the molecule is C=C(C)C(=O)C(C(=O)C(=C)C)C(O)(OC(C)C(CO)(CO)CO)C(=O)C(=C)C. The Balaban J connectivity index is 6.62. The molecule has 0 aromatic rings. The lowest BCUT2D eigenvalue weighted by atomic mass is 9.79. The number of carbonyl (C=O) groups is 3. The van der Waals surface area contributed by atoms with Crippen LogP contribution in [0.25, 0.3) is 0 Å². The van der Waals surface area contributed by atoms with E-state index in [1.165, 1.54) is 27.7 Å². The Kier molecular flexibility index (Phi) is 9.29. The summed E-state index contributed by atoms with van der Waals surface area (Å²) in [6.07, 6.45) is -1.35. The third kappa shape index (κ3) is 5.09. The molecule has 0 aromatic carbocycles. The Hall–Kier alpha value is -1.97. The summed E-state index contributed by atoms with van der Waals surface area (Å²) in [5.74, 6) is -8.07. The van der Waals surface area contributed by atoms with Crippen LogP contribution in [0.15, 0.2) is 36.5 Å². The lowest BCUT2D eigenvalue weighted by Crippen LogP contribution is -2.59. The van der Waals surface area contributed by atoms with Crippen LogP contribution in [-0.4, -0.2) is 69.5 Å². The summed E-state index contributed by atoms with van der Waals surface area (Å²) in [7, 11) is 0. The van der Waals surface area contributed by atoms with E-state index < -0.39 is 60.4 Å². The molecule has 0 fully saturated rings. The molecule has 0 aliphatic carbocycles. The van der Waals surface area contributed by atoms with Crippen LogP contribution in [0, 0.1) is 11.3 Å². The van der Waals surface area contributed by atoms with E-state index in [0.717, 1.165) is 0 Å². The standard InChI is InChI=1S/C20H30O8/c1-11(2)16(24)15(17(25)12(3)4)20(27,18(26)13(5)6)28-14(7)19(8-21,9-22)10-23/h14-15,21-23,27H,1,3,5,8-10H2,2,4,6-7H3. The Labute approximate surface area is 164 Å². The fourth-order valence-corrected chi connectivity index (χ4v) is 2.46. The van der Waals surface area contributed by atoms with Gasteiger partial charge in [-0.15, -0.1) is 0 Å². The van der Waals surface area contributed by atoms with Crippen molar-refractivity contribution in [3.63, 3.8) is 0 Å². The first-order valence-electron chi connectivity index (χ1n) is 8.58. The predicted octanol–water partition coefficient (Wildman–Crippen LogP) is 0.0952. The molecule has 0 amide bonds. The molecule has 0 aliphatic heterocycles. The number of Topliss-reactive ketones (excluding diaryl/α,β-unsaturated/α-hetero) is 3. The number of ether oxygens (including phenoxy) is 1. The van der Waals surface area contributed by atoms with Gasteiger partial charge in [0.05, 0.1) is 31.3 Å². The molecule has 0 rings (SSSR count). The molecule has 0 heterocycles. The molecule has 2 unspecified atom stereocenters. The Morgan fingerprint density at radius 1 is 0.857 bits per heavy atom. The van der Waals surface area contributed by atoms with Gasteiger partial charge >= 0.3 is 0 Å². The molecule has 0 spiro atoms. The number of allylic oxidation sites excluding steroid dienone is 2. The van der Waals surface area contributed by atoms with Gasteiger partial charge in [0.2, 0.25) is 11.6 Å². The van der Waals surface area contributed by atoms with Crippen LogP contribution < -0.4 is 0 Å². The molecule has 8 nitrogen and oxygen atoms in total. The lowest BCUT2D eigenvalue weighted by molar-refractivity contribution is -0.259. The van der Waals surface area contributed by atoms with Crippen molar-refractivity contribution in [3.05, 3.63) is 36.5 Å². The zero-order valence-electron chi connectivity index (χ0n) is 16.8. The molecular formula is C20H30O8. The number of aliphatic hydroxyl groups is 4. The van der Waals surface area contributed by atoms with Gasteiger partial charge in [0.1, 0.15) is 5.92 Å². The number of carbonyl (C=O) groups excluding carboxylic acids is 3.